The molecule has 0 radical (unpaired) electrons. The molecule has 0 aromatic heterocycles. The van der Waals surface area contributed by atoms with E-state index in [-0.39, 0.29) is 16.8 Å². The zero-order valence-electron chi connectivity index (χ0n) is 16.4. The van der Waals surface area contributed by atoms with Crippen molar-refractivity contribution in [3.05, 3.63) is 64.5 Å². The average Bonchev–Trinajstić information content (AvgIpc) is 3.19. The third-order valence-electron chi connectivity index (χ3n) is 5.20. The summed E-state index contributed by atoms with van der Waals surface area (Å²) < 4.78 is 94.4. The molecule has 1 aliphatic rings. The van der Waals surface area contributed by atoms with Gasteiger partial charge in [-0.3, -0.25) is 10.1 Å². The molecule has 2 N–H and O–H groups in total. The lowest BCUT2D eigenvalue weighted by atomic mass is 9.88. The van der Waals surface area contributed by atoms with Crippen LogP contribution in [0.25, 0.3) is 0 Å². The second-order valence-electron chi connectivity index (χ2n) is 7.29. The van der Waals surface area contributed by atoms with Crippen molar-refractivity contribution in [1.82, 2.24) is 5.32 Å². The molecule has 1 unspecified atom stereocenters. The Morgan fingerprint density at radius 2 is 1.64 bits per heavy atom. The van der Waals surface area contributed by atoms with Crippen molar-refractivity contribution in [3.63, 3.8) is 0 Å². The highest BCUT2D eigenvalue weighted by Crippen LogP contribution is 2.42. The maximum Gasteiger partial charge on any atom is 0.417 e. The van der Waals surface area contributed by atoms with Crippen LogP contribution in [0.15, 0.2) is 36.4 Å². The Bertz CT molecular complexity index is 1160. The molecule has 1 saturated heterocycles. The van der Waals surface area contributed by atoms with Crippen molar-refractivity contribution in [3.8, 4) is 12.1 Å². The van der Waals surface area contributed by atoms with Crippen LogP contribution in [0, 0.1) is 28.5 Å². The van der Waals surface area contributed by atoms with Crippen LogP contribution < -0.4 is 10.6 Å². The predicted molar refractivity (Wildman–Crippen MR) is 100 cm³/mol. The number of halogens is 7. The fourth-order valence-electron chi connectivity index (χ4n) is 3.66. The molecular weight excluding hydrogens is 457 g/mol. The van der Waals surface area contributed by atoms with Gasteiger partial charge in [-0.05, 0) is 42.3 Å². The zero-order chi connectivity index (χ0) is 24.6. The summed E-state index contributed by atoms with van der Waals surface area (Å²) in [6, 6.07) is 4.49. The number of nitriles is 2. The molecule has 1 fully saturated rings. The molecule has 1 aliphatic heterocycles. The number of hydrogen-bond donors (Lipinski definition) is 2. The first-order chi connectivity index (χ1) is 15.3. The number of nitrogens with zero attached hydrogens (tertiary/aromatic N) is 2. The third kappa shape index (κ3) is 5.07. The van der Waals surface area contributed by atoms with Gasteiger partial charge in [0.1, 0.15) is 17.9 Å². The van der Waals surface area contributed by atoms with Gasteiger partial charge in [0.15, 0.2) is 0 Å². The Balaban J connectivity index is 1.90. The Morgan fingerprint density at radius 3 is 2.18 bits per heavy atom. The molecule has 0 spiro atoms. The SMILES string of the molecule is N#Cc1ccc(NC(=O)[C@@H]2CC(c3ccc(C#N)c(C(F)(F)F)c3)[C@H](C(F)(F)F)N2)cc1F. The lowest BCUT2D eigenvalue weighted by Crippen LogP contribution is -2.46. The van der Waals surface area contributed by atoms with Gasteiger partial charge in [-0.1, -0.05) is 6.07 Å². The molecule has 33 heavy (non-hydrogen) atoms. The van der Waals surface area contributed by atoms with Crippen molar-refractivity contribution < 1.29 is 35.5 Å². The van der Waals surface area contributed by atoms with E-state index in [0.29, 0.717) is 6.07 Å². The van der Waals surface area contributed by atoms with E-state index in [4.69, 9.17) is 10.5 Å². The number of amides is 1. The van der Waals surface area contributed by atoms with Crippen LogP contribution in [-0.4, -0.2) is 24.2 Å². The number of alkyl halides is 6. The summed E-state index contributed by atoms with van der Waals surface area (Å²) in [4.78, 5) is 12.5. The van der Waals surface area contributed by atoms with Gasteiger partial charge in [-0.15, -0.1) is 0 Å². The average molecular weight is 470 g/mol. The van der Waals surface area contributed by atoms with Crippen LogP contribution in [-0.2, 0) is 11.0 Å². The summed E-state index contributed by atoms with van der Waals surface area (Å²) in [7, 11) is 0. The van der Waals surface area contributed by atoms with E-state index >= 15 is 0 Å². The zero-order valence-corrected chi connectivity index (χ0v) is 16.4. The summed E-state index contributed by atoms with van der Waals surface area (Å²) in [5, 5.41) is 21.9. The Morgan fingerprint density at radius 1 is 1.00 bits per heavy atom. The summed E-state index contributed by atoms with van der Waals surface area (Å²) >= 11 is 0. The van der Waals surface area contributed by atoms with E-state index in [1.165, 1.54) is 12.1 Å². The van der Waals surface area contributed by atoms with E-state index in [0.717, 1.165) is 24.3 Å². The van der Waals surface area contributed by atoms with Crippen LogP contribution in [0.4, 0.5) is 36.4 Å². The van der Waals surface area contributed by atoms with E-state index in [2.05, 4.69) is 10.6 Å². The van der Waals surface area contributed by atoms with Crippen molar-refractivity contribution in [2.24, 2.45) is 0 Å². The maximum atomic E-state index is 13.7. The minimum Gasteiger partial charge on any atom is -0.325 e. The first-order valence-electron chi connectivity index (χ1n) is 9.29. The van der Waals surface area contributed by atoms with Gasteiger partial charge in [0.2, 0.25) is 5.91 Å². The molecular formula is C21H13F7N4O. The number of carbonyl (C=O) groups is 1. The summed E-state index contributed by atoms with van der Waals surface area (Å²) in [6.07, 6.45) is -10.4. The van der Waals surface area contributed by atoms with E-state index in [9.17, 15) is 35.5 Å². The predicted octanol–water partition coefficient (Wildman–Crippen LogP) is 4.60. The van der Waals surface area contributed by atoms with Gasteiger partial charge in [-0.2, -0.15) is 36.9 Å². The standard InChI is InChI=1S/C21H13F7N4O/c22-16-6-13(4-3-12(16)9-30)31-19(33)17-7-14(18(32-17)21(26,27)28)10-1-2-11(8-29)15(5-10)20(23,24)25/h1-6,14,17-18,32H,7H2,(H,31,33)/t14?,17-,18+/m0/s1. The van der Waals surface area contributed by atoms with Gasteiger partial charge < -0.3 is 5.32 Å². The topological polar surface area (TPSA) is 88.7 Å². The summed E-state index contributed by atoms with van der Waals surface area (Å²) in [5.74, 6) is -3.45. The van der Waals surface area contributed by atoms with Crippen LogP contribution in [0.3, 0.4) is 0 Å². The number of nitrogens with one attached hydrogen (secondary N) is 2. The van der Waals surface area contributed by atoms with Crippen molar-refractivity contribution in [1.29, 1.82) is 10.5 Å². The quantitative estimate of drug-likeness (QED) is 0.642. The minimum atomic E-state index is -4.96. The van der Waals surface area contributed by atoms with Crippen molar-refractivity contribution in [2.75, 3.05) is 5.32 Å². The molecule has 3 rings (SSSR count). The smallest absolute Gasteiger partial charge is 0.325 e. The highest BCUT2D eigenvalue weighted by Gasteiger charge is 2.52. The Labute approximate surface area is 182 Å². The molecule has 2 aromatic rings. The van der Waals surface area contributed by atoms with Gasteiger partial charge in [0.25, 0.3) is 0 Å². The molecule has 0 aliphatic carbocycles. The number of hydrogen-bond acceptors (Lipinski definition) is 4. The first-order valence-corrected chi connectivity index (χ1v) is 9.29. The van der Waals surface area contributed by atoms with Crippen molar-refractivity contribution in [2.45, 2.75) is 36.8 Å². The summed E-state index contributed by atoms with van der Waals surface area (Å²) in [5.41, 5.74) is -2.85. The second kappa shape index (κ2) is 8.71. The Kier molecular flexibility index (Phi) is 6.34. The normalized spacial score (nSPS) is 20.7. The minimum absolute atomic E-state index is 0.108. The molecule has 5 nitrogen and oxygen atoms in total. The molecule has 172 valence electrons. The second-order valence-corrected chi connectivity index (χ2v) is 7.29. The maximum absolute atomic E-state index is 13.7. The summed E-state index contributed by atoms with van der Waals surface area (Å²) in [6.45, 7) is 0. The van der Waals surface area contributed by atoms with Crippen LogP contribution in [0.1, 0.15) is 34.6 Å². The molecule has 1 amide bonds. The first kappa shape index (κ1) is 24.0. The third-order valence-corrected chi connectivity index (χ3v) is 5.20. The highest BCUT2D eigenvalue weighted by atomic mass is 19.4. The number of carbonyl (C=O) groups excluding carboxylic acids is 1. The molecule has 0 bridgehead atoms. The molecule has 0 saturated carbocycles. The van der Waals surface area contributed by atoms with E-state index < -0.39 is 59.6 Å². The monoisotopic (exact) mass is 470 g/mol. The lowest BCUT2D eigenvalue weighted by Gasteiger charge is -2.23. The number of anilines is 1. The van der Waals surface area contributed by atoms with Crippen molar-refractivity contribution >= 4 is 11.6 Å². The molecule has 1 heterocycles. The van der Waals surface area contributed by atoms with E-state index in [1.54, 1.807) is 6.07 Å². The van der Waals surface area contributed by atoms with Gasteiger partial charge in [-0.25, -0.2) is 4.39 Å². The Hall–Kier alpha value is -3.64. The number of rotatable bonds is 3. The number of benzene rings is 2. The van der Waals surface area contributed by atoms with E-state index in [1.807, 2.05) is 0 Å². The molecule has 2 aromatic carbocycles. The molecule has 3 atom stereocenters. The molecule has 12 heteroatoms. The van der Waals surface area contributed by atoms with Crippen LogP contribution >= 0.6 is 0 Å². The highest BCUT2D eigenvalue weighted by molar-refractivity contribution is 5.95. The lowest BCUT2D eigenvalue weighted by molar-refractivity contribution is -0.156. The van der Waals surface area contributed by atoms with Gasteiger partial charge >= 0.3 is 12.4 Å². The fraction of sp³-hybridized carbons (Fsp3) is 0.286. The van der Waals surface area contributed by atoms with Crippen LogP contribution in [0.2, 0.25) is 0 Å². The fourth-order valence-corrected chi connectivity index (χ4v) is 3.66. The van der Waals surface area contributed by atoms with Crippen LogP contribution in [0.5, 0.6) is 0 Å². The van der Waals surface area contributed by atoms with Gasteiger partial charge in [0, 0.05) is 11.6 Å². The largest absolute Gasteiger partial charge is 0.417 e. The van der Waals surface area contributed by atoms with Gasteiger partial charge in [0.05, 0.1) is 28.8 Å².